The zero-order valence-corrected chi connectivity index (χ0v) is 12.7. The Labute approximate surface area is 126 Å². The summed E-state index contributed by atoms with van der Waals surface area (Å²) in [6.07, 6.45) is 6.03. The first-order valence-corrected chi connectivity index (χ1v) is 7.64. The van der Waals surface area contributed by atoms with Crippen LogP contribution in [0.25, 0.3) is 11.2 Å². The fourth-order valence-electron chi connectivity index (χ4n) is 2.75. The smallest absolute Gasteiger partial charge is 0.325 e. The lowest BCUT2D eigenvalue weighted by atomic mass is 10.2. The molecule has 0 radical (unpaired) electrons. The Morgan fingerprint density at radius 1 is 1.41 bits per heavy atom. The molecular formula is C14H21N6O2+. The molecule has 118 valence electrons. The standard InChI is InChI=1S/C14H20N6O2/c1-19-12-11(13(21)18-14(19)22)20(9-17-12)8-4-7-16-10-5-2-3-6-15-10/h9H,2-8H2,1H3,(H,15,16)(H,18,21,22)/p+1. The molecule has 0 aliphatic carbocycles. The topological polar surface area (TPSA) is 98.7 Å². The zero-order valence-electron chi connectivity index (χ0n) is 12.7. The van der Waals surface area contributed by atoms with Gasteiger partial charge in [-0.15, -0.1) is 0 Å². The predicted molar refractivity (Wildman–Crippen MR) is 82.9 cm³/mol. The average molecular weight is 305 g/mol. The van der Waals surface area contributed by atoms with Crippen molar-refractivity contribution in [3.8, 4) is 0 Å². The zero-order chi connectivity index (χ0) is 15.5. The molecule has 3 heterocycles. The second-order valence-corrected chi connectivity index (χ2v) is 5.57. The maximum atomic E-state index is 12.0. The highest BCUT2D eigenvalue weighted by Gasteiger charge is 2.12. The molecule has 2 aromatic heterocycles. The molecule has 0 fully saturated rings. The fraction of sp³-hybridized carbons (Fsp3) is 0.571. The minimum absolute atomic E-state index is 0.383. The lowest BCUT2D eigenvalue weighted by Gasteiger charge is -2.08. The second-order valence-electron chi connectivity index (χ2n) is 5.57. The van der Waals surface area contributed by atoms with E-state index in [0.29, 0.717) is 17.7 Å². The summed E-state index contributed by atoms with van der Waals surface area (Å²) in [4.78, 5) is 33.3. The van der Waals surface area contributed by atoms with Crippen LogP contribution < -0.4 is 21.6 Å². The van der Waals surface area contributed by atoms with E-state index in [1.54, 1.807) is 17.9 Å². The van der Waals surface area contributed by atoms with Crippen LogP contribution in [0.5, 0.6) is 0 Å². The van der Waals surface area contributed by atoms with Gasteiger partial charge in [0.05, 0.1) is 19.4 Å². The molecule has 3 N–H and O–H groups in total. The van der Waals surface area contributed by atoms with E-state index in [1.807, 2.05) is 0 Å². The number of aryl methyl sites for hydroxylation is 2. The molecule has 0 amide bonds. The number of rotatable bonds is 4. The molecule has 1 aliphatic rings. The van der Waals surface area contributed by atoms with Crippen molar-refractivity contribution in [1.82, 2.24) is 24.4 Å². The molecule has 1 aliphatic heterocycles. The van der Waals surface area contributed by atoms with Crippen LogP contribution in [0.2, 0.25) is 0 Å². The summed E-state index contributed by atoms with van der Waals surface area (Å²) in [5, 5.41) is 3.40. The van der Waals surface area contributed by atoms with Gasteiger partial charge in [-0.3, -0.25) is 24.7 Å². The van der Waals surface area contributed by atoms with E-state index >= 15 is 0 Å². The van der Waals surface area contributed by atoms with Crippen molar-refractivity contribution in [1.29, 1.82) is 0 Å². The van der Waals surface area contributed by atoms with Crippen LogP contribution in [-0.2, 0) is 13.6 Å². The largest absolute Gasteiger partial charge is 0.329 e. The van der Waals surface area contributed by atoms with E-state index in [9.17, 15) is 9.59 Å². The quantitative estimate of drug-likeness (QED) is 0.573. The maximum absolute atomic E-state index is 12.0. The first kappa shape index (κ1) is 14.6. The Kier molecular flexibility index (Phi) is 4.08. The molecule has 2 aromatic rings. The van der Waals surface area contributed by atoms with Crippen LogP contribution >= 0.6 is 0 Å². The molecule has 0 unspecified atom stereocenters. The Morgan fingerprint density at radius 3 is 3.05 bits per heavy atom. The van der Waals surface area contributed by atoms with Crippen LogP contribution in [0.4, 0.5) is 0 Å². The van der Waals surface area contributed by atoms with Crippen molar-refractivity contribution >= 4 is 17.0 Å². The van der Waals surface area contributed by atoms with E-state index in [4.69, 9.17) is 0 Å². The van der Waals surface area contributed by atoms with Gasteiger partial charge < -0.3 is 4.57 Å². The molecule has 0 atom stereocenters. The van der Waals surface area contributed by atoms with E-state index in [0.717, 1.165) is 25.9 Å². The van der Waals surface area contributed by atoms with Crippen molar-refractivity contribution in [2.24, 2.45) is 7.05 Å². The average Bonchev–Trinajstić information content (AvgIpc) is 2.95. The Balaban J connectivity index is 1.67. The van der Waals surface area contributed by atoms with Gasteiger partial charge in [-0.1, -0.05) is 0 Å². The van der Waals surface area contributed by atoms with Gasteiger partial charge in [-0.2, -0.15) is 0 Å². The van der Waals surface area contributed by atoms with Crippen LogP contribution in [0.15, 0.2) is 15.9 Å². The van der Waals surface area contributed by atoms with Gasteiger partial charge in [0, 0.05) is 26.4 Å². The third kappa shape index (κ3) is 2.81. The maximum Gasteiger partial charge on any atom is 0.329 e. The van der Waals surface area contributed by atoms with Gasteiger partial charge in [0.15, 0.2) is 11.2 Å². The molecule has 0 spiro atoms. The molecule has 0 saturated heterocycles. The fourth-order valence-corrected chi connectivity index (χ4v) is 2.75. The van der Waals surface area contributed by atoms with Crippen LogP contribution in [0, 0.1) is 0 Å². The molecule has 0 aromatic carbocycles. The van der Waals surface area contributed by atoms with E-state index < -0.39 is 5.69 Å². The number of nitrogens with zero attached hydrogens (tertiary/aromatic N) is 3. The number of hydrogen-bond acceptors (Lipinski definition) is 4. The molecule has 22 heavy (non-hydrogen) atoms. The number of fused-ring (bicyclic) bond motifs is 1. The van der Waals surface area contributed by atoms with Crippen LogP contribution in [-0.4, -0.2) is 38.0 Å². The summed E-state index contributed by atoms with van der Waals surface area (Å²) in [7, 11) is 1.60. The third-order valence-corrected chi connectivity index (χ3v) is 3.98. The van der Waals surface area contributed by atoms with Crippen molar-refractivity contribution in [3.05, 3.63) is 27.2 Å². The summed E-state index contributed by atoms with van der Waals surface area (Å²) >= 11 is 0. The van der Waals surface area contributed by atoms with Gasteiger partial charge in [-0.05, 0) is 12.8 Å². The number of nitrogens with one attached hydrogen (secondary N) is 3. The minimum atomic E-state index is -0.441. The molecular weight excluding hydrogens is 284 g/mol. The highest BCUT2D eigenvalue weighted by Crippen LogP contribution is 2.05. The number of imidazole rings is 1. The lowest BCUT2D eigenvalue weighted by Crippen LogP contribution is -2.77. The van der Waals surface area contributed by atoms with Crippen molar-refractivity contribution in [3.63, 3.8) is 0 Å². The summed E-state index contributed by atoms with van der Waals surface area (Å²) in [6.45, 7) is 2.56. The number of aromatic amines is 1. The Morgan fingerprint density at radius 2 is 2.27 bits per heavy atom. The first-order chi connectivity index (χ1) is 10.7. The molecule has 8 heteroatoms. The molecule has 0 saturated carbocycles. The summed E-state index contributed by atoms with van der Waals surface area (Å²) in [5.41, 5.74) is 0.0478. The van der Waals surface area contributed by atoms with Crippen LogP contribution in [0.1, 0.15) is 25.7 Å². The van der Waals surface area contributed by atoms with Crippen molar-refractivity contribution in [2.75, 3.05) is 13.1 Å². The van der Waals surface area contributed by atoms with Gasteiger partial charge >= 0.3 is 5.69 Å². The van der Waals surface area contributed by atoms with E-state index in [1.165, 1.54) is 23.2 Å². The number of aromatic nitrogens is 4. The van der Waals surface area contributed by atoms with Crippen molar-refractivity contribution in [2.45, 2.75) is 32.2 Å². The third-order valence-electron chi connectivity index (χ3n) is 3.98. The molecule has 8 nitrogen and oxygen atoms in total. The SMILES string of the molecule is Cn1c(=O)[nH]c(=O)c2c1ncn2CCCNC1=[NH+]CCCC1. The summed E-state index contributed by atoms with van der Waals surface area (Å²) < 4.78 is 3.15. The Bertz CT molecular complexity index is 813. The Hall–Kier alpha value is -2.38. The predicted octanol–water partition coefficient (Wildman–Crippen LogP) is -1.93. The molecule has 3 rings (SSSR count). The second kappa shape index (κ2) is 6.17. The summed E-state index contributed by atoms with van der Waals surface area (Å²) in [5.74, 6) is 1.21. The minimum Gasteiger partial charge on any atom is -0.325 e. The number of amidine groups is 1. The van der Waals surface area contributed by atoms with E-state index in [2.05, 4.69) is 20.3 Å². The van der Waals surface area contributed by atoms with Gasteiger partial charge in [0.25, 0.3) is 5.56 Å². The number of hydrogen-bond donors (Lipinski definition) is 3. The normalized spacial score (nSPS) is 15.0. The number of H-pyrrole nitrogens is 1. The monoisotopic (exact) mass is 305 g/mol. The van der Waals surface area contributed by atoms with Crippen molar-refractivity contribution < 1.29 is 4.99 Å². The van der Waals surface area contributed by atoms with Gasteiger partial charge in [0.1, 0.15) is 0 Å². The van der Waals surface area contributed by atoms with Gasteiger partial charge in [-0.25, -0.2) is 9.78 Å². The van der Waals surface area contributed by atoms with E-state index in [-0.39, 0.29) is 5.56 Å². The lowest BCUT2D eigenvalue weighted by molar-refractivity contribution is -0.466. The first-order valence-electron chi connectivity index (χ1n) is 7.64. The van der Waals surface area contributed by atoms with Crippen LogP contribution in [0.3, 0.4) is 0 Å². The summed E-state index contributed by atoms with van der Waals surface area (Å²) in [6, 6.07) is 0. The van der Waals surface area contributed by atoms with Gasteiger partial charge in [0.2, 0.25) is 5.84 Å². The molecule has 0 bridgehead atoms. The highest BCUT2D eigenvalue weighted by molar-refractivity contribution is 5.76. The highest BCUT2D eigenvalue weighted by atomic mass is 16.2.